The van der Waals surface area contributed by atoms with Crippen molar-refractivity contribution in [2.45, 2.75) is 31.6 Å². The molecule has 0 unspecified atom stereocenters. The number of fused-ring (bicyclic) bond motifs is 5. The maximum atomic E-state index is 13.3. The van der Waals surface area contributed by atoms with Gasteiger partial charge in [0.1, 0.15) is 0 Å². The van der Waals surface area contributed by atoms with E-state index in [1.54, 1.807) is 18.5 Å². The van der Waals surface area contributed by atoms with E-state index < -0.39 is 29.8 Å². The lowest BCUT2D eigenvalue weighted by Crippen LogP contribution is -2.26. The molecule has 0 fully saturated rings. The summed E-state index contributed by atoms with van der Waals surface area (Å²) in [5, 5.41) is 1.45. The van der Waals surface area contributed by atoms with Crippen LogP contribution in [0.25, 0.3) is 38.9 Å². The van der Waals surface area contributed by atoms with Crippen LogP contribution < -0.4 is 0 Å². The van der Waals surface area contributed by atoms with Crippen molar-refractivity contribution in [1.82, 2.24) is 24.5 Å². The number of alkyl halides is 6. The third-order valence-electron chi connectivity index (χ3n) is 6.57. The highest BCUT2D eigenvalue weighted by Crippen LogP contribution is 2.47. The van der Waals surface area contributed by atoms with Crippen LogP contribution in [-0.4, -0.2) is 24.5 Å². The van der Waals surface area contributed by atoms with E-state index in [9.17, 15) is 26.3 Å². The first-order valence-corrected chi connectivity index (χ1v) is 10.8. The Kier molecular flexibility index (Phi) is 4.38. The Morgan fingerprint density at radius 3 is 2.14 bits per heavy atom. The lowest BCUT2D eigenvalue weighted by atomic mass is 9.75. The summed E-state index contributed by atoms with van der Waals surface area (Å²) in [6.07, 6.45) is -6.86. The van der Waals surface area contributed by atoms with Crippen LogP contribution >= 0.6 is 0 Å². The number of rotatable bonds is 1. The van der Waals surface area contributed by atoms with E-state index in [0.717, 1.165) is 33.2 Å². The molecule has 36 heavy (non-hydrogen) atoms. The van der Waals surface area contributed by atoms with Crippen molar-refractivity contribution in [2.75, 3.05) is 0 Å². The second-order valence-corrected chi connectivity index (χ2v) is 9.09. The highest BCUT2D eigenvalue weighted by molar-refractivity contribution is 6.12. The zero-order chi connectivity index (χ0) is 25.6. The van der Waals surface area contributed by atoms with Gasteiger partial charge in [-0.1, -0.05) is 32.0 Å². The summed E-state index contributed by atoms with van der Waals surface area (Å²) in [6, 6.07) is 12.2. The molecular weight excluding hydrogens is 484 g/mol. The van der Waals surface area contributed by atoms with E-state index in [0.29, 0.717) is 5.39 Å². The maximum Gasteiger partial charge on any atom is 0.451 e. The van der Waals surface area contributed by atoms with Crippen LogP contribution in [0.1, 0.15) is 36.6 Å². The Morgan fingerprint density at radius 2 is 1.47 bits per heavy atom. The van der Waals surface area contributed by atoms with Crippen molar-refractivity contribution < 1.29 is 26.3 Å². The number of hydrogen-bond acceptors (Lipinski definition) is 4. The Morgan fingerprint density at radius 1 is 0.778 bits per heavy atom. The van der Waals surface area contributed by atoms with Crippen molar-refractivity contribution in [3.8, 4) is 17.1 Å². The van der Waals surface area contributed by atoms with Gasteiger partial charge in [-0.05, 0) is 29.8 Å². The zero-order valence-electron chi connectivity index (χ0n) is 18.7. The first-order valence-electron chi connectivity index (χ1n) is 10.8. The van der Waals surface area contributed by atoms with Crippen molar-refractivity contribution in [1.29, 1.82) is 0 Å². The van der Waals surface area contributed by atoms with Crippen molar-refractivity contribution in [3.63, 3.8) is 0 Å². The largest absolute Gasteiger partial charge is 0.451 e. The third kappa shape index (κ3) is 3.11. The molecule has 0 amide bonds. The fraction of sp³-hybridized carbons (Fsp3) is 0.200. The zero-order valence-corrected chi connectivity index (χ0v) is 18.7. The van der Waals surface area contributed by atoms with Gasteiger partial charge >= 0.3 is 12.4 Å². The lowest BCUT2D eigenvalue weighted by Gasteiger charge is -2.34. The van der Waals surface area contributed by atoms with Gasteiger partial charge in [0.15, 0.2) is 5.82 Å². The van der Waals surface area contributed by atoms with Crippen LogP contribution in [0.2, 0.25) is 0 Å². The Labute approximate surface area is 199 Å². The first-order chi connectivity index (χ1) is 16.9. The van der Waals surface area contributed by atoms with Gasteiger partial charge in [-0.2, -0.15) is 26.3 Å². The SMILES string of the molecule is CC1(C)c2cnccc2-n2c3ccc(-c4nc(C(F)(F)F)nc(C(F)(F)F)n4)cc3c3cccc1c32. The van der Waals surface area contributed by atoms with E-state index in [1.807, 2.05) is 28.8 Å². The molecular formula is C25H15F6N5. The smallest absolute Gasteiger partial charge is 0.309 e. The summed E-state index contributed by atoms with van der Waals surface area (Å²) in [5.41, 5.74) is 4.21. The highest BCUT2D eigenvalue weighted by atomic mass is 19.4. The van der Waals surface area contributed by atoms with Crippen LogP contribution in [0.4, 0.5) is 26.3 Å². The highest BCUT2D eigenvalue weighted by Gasteiger charge is 2.42. The fourth-order valence-electron chi connectivity index (χ4n) is 4.93. The van der Waals surface area contributed by atoms with E-state index >= 15 is 0 Å². The van der Waals surface area contributed by atoms with Gasteiger partial charge in [-0.15, -0.1) is 0 Å². The number of para-hydroxylation sites is 1. The fourth-order valence-corrected chi connectivity index (χ4v) is 4.93. The van der Waals surface area contributed by atoms with Crippen molar-refractivity contribution in [2.24, 2.45) is 0 Å². The molecule has 182 valence electrons. The monoisotopic (exact) mass is 499 g/mol. The molecule has 0 N–H and O–H groups in total. The Bertz CT molecular complexity index is 1670. The molecule has 1 aliphatic heterocycles. The number of benzene rings is 2. The molecule has 0 radical (unpaired) electrons. The number of halogens is 6. The molecule has 0 saturated carbocycles. The van der Waals surface area contributed by atoms with Crippen LogP contribution in [0.3, 0.4) is 0 Å². The molecule has 0 saturated heterocycles. The van der Waals surface area contributed by atoms with Crippen LogP contribution in [0.15, 0.2) is 54.9 Å². The van der Waals surface area contributed by atoms with Gasteiger partial charge in [-0.3, -0.25) is 4.98 Å². The molecule has 5 nitrogen and oxygen atoms in total. The minimum Gasteiger partial charge on any atom is -0.309 e. The average Bonchev–Trinajstić information content (AvgIpc) is 3.16. The van der Waals surface area contributed by atoms with Gasteiger partial charge in [0, 0.05) is 39.7 Å². The van der Waals surface area contributed by atoms with Crippen LogP contribution in [-0.2, 0) is 17.8 Å². The first kappa shape index (κ1) is 22.4. The van der Waals surface area contributed by atoms with Crippen LogP contribution in [0, 0.1) is 0 Å². The maximum absolute atomic E-state index is 13.3. The summed E-state index contributed by atoms with van der Waals surface area (Å²) in [6.45, 7) is 4.16. The second-order valence-electron chi connectivity index (χ2n) is 9.09. The van der Waals surface area contributed by atoms with E-state index in [4.69, 9.17) is 0 Å². The Hall–Kier alpha value is -4.02. The van der Waals surface area contributed by atoms with Gasteiger partial charge in [-0.25, -0.2) is 15.0 Å². The molecule has 0 bridgehead atoms. The summed E-state index contributed by atoms with van der Waals surface area (Å²) in [4.78, 5) is 13.6. The summed E-state index contributed by atoms with van der Waals surface area (Å²) < 4.78 is 81.8. The van der Waals surface area contributed by atoms with E-state index in [2.05, 4.69) is 33.8 Å². The number of aromatic nitrogens is 5. The molecule has 0 spiro atoms. The van der Waals surface area contributed by atoms with Crippen molar-refractivity contribution >= 4 is 21.8 Å². The molecule has 1 aliphatic rings. The Balaban J connectivity index is 1.66. The molecule has 0 aliphatic carbocycles. The lowest BCUT2D eigenvalue weighted by molar-refractivity contribution is -0.155. The summed E-state index contributed by atoms with van der Waals surface area (Å²) in [7, 11) is 0. The average molecular weight is 499 g/mol. The predicted molar refractivity (Wildman–Crippen MR) is 120 cm³/mol. The van der Waals surface area contributed by atoms with E-state index in [-0.39, 0.29) is 11.0 Å². The standard InChI is InChI=1S/C25H15F6N5/c1-23(2)15-5-3-4-13-14-10-12(20-33-21(24(26,27)28)35-22(34-20)25(29,30)31)6-7-17(14)36(19(13)15)18-8-9-32-11-16(18)23/h3-11H,1-2H3. The molecule has 5 aromatic rings. The number of pyridine rings is 1. The molecule has 11 heteroatoms. The molecule has 2 aromatic carbocycles. The quantitative estimate of drug-likeness (QED) is 0.241. The molecule has 0 atom stereocenters. The number of nitrogens with zero attached hydrogens (tertiary/aromatic N) is 5. The van der Waals surface area contributed by atoms with Gasteiger partial charge in [0.05, 0.1) is 16.7 Å². The normalized spacial score (nSPS) is 14.9. The third-order valence-corrected chi connectivity index (χ3v) is 6.57. The van der Waals surface area contributed by atoms with Gasteiger partial charge in [0.25, 0.3) is 0 Å². The molecule has 3 aromatic heterocycles. The van der Waals surface area contributed by atoms with Gasteiger partial charge in [0.2, 0.25) is 11.6 Å². The summed E-state index contributed by atoms with van der Waals surface area (Å²) >= 11 is 0. The van der Waals surface area contributed by atoms with Gasteiger partial charge < -0.3 is 4.57 Å². The van der Waals surface area contributed by atoms with Crippen LogP contribution in [0.5, 0.6) is 0 Å². The predicted octanol–water partition coefficient (Wildman–Crippen LogP) is 6.71. The van der Waals surface area contributed by atoms with E-state index in [1.165, 1.54) is 12.1 Å². The topological polar surface area (TPSA) is 56.5 Å². The minimum absolute atomic E-state index is 0.0128. The molecule has 4 heterocycles. The van der Waals surface area contributed by atoms with Crippen molar-refractivity contribution in [3.05, 3.63) is 77.6 Å². The number of hydrogen-bond donors (Lipinski definition) is 0. The second kappa shape index (κ2) is 7.02. The summed E-state index contributed by atoms with van der Waals surface area (Å²) in [5.74, 6) is -4.50. The minimum atomic E-state index is -5.17. The molecule has 6 rings (SSSR count).